The number of fused-ring (bicyclic) bond motifs is 1. The van der Waals surface area contributed by atoms with Crippen molar-refractivity contribution in [3.8, 4) is 0 Å². The summed E-state index contributed by atoms with van der Waals surface area (Å²) < 4.78 is 39.2. The monoisotopic (exact) mass is 471 g/mol. The highest BCUT2D eigenvalue weighted by Crippen LogP contribution is 2.39. The molecular weight excluding hydrogens is 439 g/mol. The lowest BCUT2D eigenvalue weighted by Crippen LogP contribution is -2.44. The Morgan fingerprint density at radius 2 is 1.74 bits per heavy atom. The fourth-order valence-corrected chi connectivity index (χ4v) is 6.07. The van der Waals surface area contributed by atoms with Crippen molar-refractivity contribution in [2.24, 2.45) is 11.8 Å². The first-order chi connectivity index (χ1) is 16.4. The van der Waals surface area contributed by atoms with Crippen molar-refractivity contribution in [3.05, 3.63) is 65.0 Å². The van der Waals surface area contributed by atoms with Crippen molar-refractivity contribution in [1.82, 2.24) is 14.8 Å². The highest BCUT2D eigenvalue weighted by atomic mass is 19.4. The van der Waals surface area contributed by atoms with E-state index in [1.165, 1.54) is 37.7 Å². The average Bonchev–Trinajstić information content (AvgIpc) is 3.32. The van der Waals surface area contributed by atoms with E-state index < -0.39 is 11.7 Å². The number of rotatable bonds is 3. The number of pyridine rings is 1. The molecule has 0 bridgehead atoms. The molecule has 4 nitrogen and oxygen atoms in total. The third-order valence-electron chi connectivity index (χ3n) is 7.98. The molecule has 1 saturated heterocycles. The van der Waals surface area contributed by atoms with E-state index in [9.17, 15) is 18.0 Å². The Morgan fingerprint density at radius 3 is 2.47 bits per heavy atom. The Bertz CT molecular complexity index is 1000. The Hall–Kier alpha value is -2.57. The zero-order chi connectivity index (χ0) is 23.7. The number of hydrogen-bond donors (Lipinski definition) is 0. The van der Waals surface area contributed by atoms with Crippen LogP contribution in [-0.4, -0.2) is 40.4 Å². The van der Waals surface area contributed by atoms with Gasteiger partial charge >= 0.3 is 12.2 Å². The van der Waals surface area contributed by atoms with Crippen LogP contribution in [-0.2, 0) is 19.1 Å². The largest absolute Gasteiger partial charge is 0.417 e. The molecule has 2 aromatic rings. The van der Waals surface area contributed by atoms with Gasteiger partial charge in [0.25, 0.3) is 0 Å². The lowest BCUT2D eigenvalue weighted by atomic mass is 9.75. The Labute approximate surface area is 199 Å². The second kappa shape index (κ2) is 9.59. The van der Waals surface area contributed by atoms with Gasteiger partial charge in [-0.2, -0.15) is 13.2 Å². The van der Waals surface area contributed by atoms with Crippen molar-refractivity contribution in [2.75, 3.05) is 19.6 Å². The van der Waals surface area contributed by atoms with Gasteiger partial charge in [-0.3, -0.25) is 4.98 Å². The first kappa shape index (κ1) is 23.2. The normalized spacial score (nSPS) is 25.3. The molecular formula is C27H32F3N3O. The molecule has 1 aromatic carbocycles. The maximum atomic E-state index is 13.1. The predicted molar refractivity (Wildman–Crippen MR) is 124 cm³/mol. The molecule has 34 heavy (non-hydrogen) atoms. The molecule has 1 unspecified atom stereocenters. The molecule has 0 radical (unpaired) electrons. The minimum absolute atomic E-state index is 0.0432. The van der Waals surface area contributed by atoms with Crippen LogP contribution in [0.3, 0.4) is 0 Å². The number of urea groups is 1. The van der Waals surface area contributed by atoms with Crippen LogP contribution in [0.5, 0.6) is 0 Å². The van der Waals surface area contributed by atoms with E-state index in [1.54, 1.807) is 4.90 Å². The summed E-state index contributed by atoms with van der Waals surface area (Å²) in [6, 6.07) is 11.9. The second-order valence-electron chi connectivity index (χ2n) is 10.2. The highest BCUT2D eigenvalue weighted by molar-refractivity contribution is 5.75. The van der Waals surface area contributed by atoms with Crippen LogP contribution in [0.15, 0.2) is 42.6 Å². The van der Waals surface area contributed by atoms with Crippen LogP contribution in [0.2, 0.25) is 0 Å². The van der Waals surface area contributed by atoms with E-state index >= 15 is 0 Å². The number of aromatic nitrogens is 1. The Morgan fingerprint density at radius 1 is 0.971 bits per heavy atom. The number of hydrogen-bond acceptors (Lipinski definition) is 2. The summed E-state index contributed by atoms with van der Waals surface area (Å²) in [5, 5.41) is 0. The fourth-order valence-electron chi connectivity index (χ4n) is 6.07. The van der Waals surface area contributed by atoms with Gasteiger partial charge in [0.1, 0.15) is 0 Å². The summed E-state index contributed by atoms with van der Waals surface area (Å²) in [5.41, 5.74) is 1.89. The van der Waals surface area contributed by atoms with Crippen molar-refractivity contribution < 1.29 is 18.0 Å². The van der Waals surface area contributed by atoms with Crippen LogP contribution in [0.1, 0.15) is 66.8 Å². The molecule has 0 N–H and O–H groups in total. The summed E-state index contributed by atoms with van der Waals surface area (Å²) in [6.45, 7) is 2.22. The van der Waals surface area contributed by atoms with Gasteiger partial charge in [0.05, 0.1) is 5.56 Å². The van der Waals surface area contributed by atoms with Gasteiger partial charge in [0.2, 0.25) is 0 Å². The third-order valence-corrected chi connectivity index (χ3v) is 7.98. The number of carbonyl (C=O) groups excluding carboxylic acids is 1. The number of likely N-dealkylation sites (tertiary alicyclic amines) is 1. The SMILES string of the molecule is O=C(N1CCc2ncc(C(F)(F)F)cc2C1)N1CCC(CC2CCC(c3ccccc3)CC2)C1. The molecule has 1 atom stereocenters. The van der Waals surface area contributed by atoms with Gasteiger partial charge in [-0.1, -0.05) is 30.3 Å². The molecule has 1 aliphatic carbocycles. The number of benzene rings is 1. The first-order valence-electron chi connectivity index (χ1n) is 12.5. The zero-order valence-corrected chi connectivity index (χ0v) is 19.4. The molecule has 2 amide bonds. The molecule has 3 heterocycles. The van der Waals surface area contributed by atoms with Crippen LogP contribution in [0.25, 0.3) is 0 Å². The van der Waals surface area contributed by atoms with E-state index in [1.807, 2.05) is 4.90 Å². The van der Waals surface area contributed by atoms with E-state index in [0.717, 1.165) is 37.7 Å². The lowest BCUT2D eigenvalue weighted by molar-refractivity contribution is -0.137. The fraction of sp³-hybridized carbons (Fsp3) is 0.556. The first-order valence-corrected chi connectivity index (χ1v) is 12.5. The average molecular weight is 472 g/mol. The minimum atomic E-state index is -4.42. The van der Waals surface area contributed by atoms with Gasteiger partial charge in [-0.05, 0) is 73.5 Å². The minimum Gasteiger partial charge on any atom is -0.324 e. The van der Waals surface area contributed by atoms with Crippen molar-refractivity contribution in [3.63, 3.8) is 0 Å². The molecule has 7 heteroatoms. The Kier molecular flexibility index (Phi) is 6.54. The van der Waals surface area contributed by atoms with E-state index in [-0.39, 0.29) is 12.6 Å². The molecule has 2 aliphatic heterocycles. The number of alkyl halides is 3. The predicted octanol–water partition coefficient (Wildman–Crippen LogP) is 6.26. The van der Waals surface area contributed by atoms with E-state index in [0.29, 0.717) is 36.1 Å². The second-order valence-corrected chi connectivity index (χ2v) is 10.2. The molecule has 1 aromatic heterocycles. The van der Waals surface area contributed by atoms with Crippen LogP contribution in [0.4, 0.5) is 18.0 Å². The summed E-state index contributed by atoms with van der Waals surface area (Å²) >= 11 is 0. The highest BCUT2D eigenvalue weighted by Gasteiger charge is 2.35. The maximum Gasteiger partial charge on any atom is 0.417 e. The number of carbonyl (C=O) groups is 1. The van der Waals surface area contributed by atoms with Crippen LogP contribution in [0, 0.1) is 11.8 Å². The summed E-state index contributed by atoms with van der Waals surface area (Å²) in [4.78, 5) is 20.7. The number of amides is 2. The summed E-state index contributed by atoms with van der Waals surface area (Å²) in [6.07, 6.45) is 4.16. The van der Waals surface area contributed by atoms with Gasteiger partial charge in [-0.15, -0.1) is 0 Å². The van der Waals surface area contributed by atoms with E-state index in [2.05, 4.69) is 35.3 Å². The number of halogens is 3. The lowest BCUT2D eigenvalue weighted by Gasteiger charge is -2.33. The smallest absolute Gasteiger partial charge is 0.324 e. The van der Waals surface area contributed by atoms with Crippen LogP contribution < -0.4 is 0 Å². The molecule has 0 spiro atoms. The van der Waals surface area contributed by atoms with Crippen molar-refractivity contribution >= 4 is 6.03 Å². The van der Waals surface area contributed by atoms with Gasteiger partial charge < -0.3 is 9.80 Å². The molecule has 5 rings (SSSR count). The van der Waals surface area contributed by atoms with Gasteiger partial charge in [0, 0.05) is 44.5 Å². The number of nitrogens with zero attached hydrogens (tertiary/aromatic N) is 3. The van der Waals surface area contributed by atoms with Gasteiger partial charge in [-0.25, -0.2) is 4.79 Å². The topological polar surface area (TPSA) is 36.4 Å². The summed E-state index contributed by atoms with van der Waals surface area (Å²) in [5.74, 6) is 1.93. The molecule has 182 valence electrons. The standard InChI is InChI=1S/C27H32F3N3O/c28-27(29,30)24-15-23-18-33(13-11-25(23)31-16-24)26(34)32-12-10-20(17-32)14-19-6-8-22(9-7-19)21-4-2-1-3-5-21/h1-5,15-16,19-20,22H,6-14,17-18H2. The Balaban J connectivity index is 1.12. The van der Waals surface area contributed by atoms with E-state index in [4.69, 9.17) is 0 Å². The third kappa shape index (κ3) is 5.08. The van der Waals surface area contributed by atoms with Gasteiger partial charge in [0.15, 0.2) is 0 Å². The van der Waals surface area contributed by atoms with Crippen molar-refractivity contribution in [2.45, 2.75) is 63.6 Å². The molecule has 3 aliphatic rings. The maximum absolute atomic E-state index is 13.1. The van der Waals surface area contributed by atoms with Crippen molar-refractivity contribution in [1.29, 1.82) is 0 Å². The quantitative estimate of drug-likeness (QED) is 0.529. The molecule has 2 fully saturated rings. The zero-order valence-electron chi connectivity index (χ0n) is 19.4. The summed E-state index contributed by atoms with van der Waals surface area (Å²) in [7, 11) is 0. The molecule has 1 saturated carbocycles. The van der Waals surface area contributed by atoms with Crippen LogP contribution >= 0.6 is 0 Å².